The number of rotatable bonds is 6. The van der Waals surface area contributed by atoms with Crippen LogP contribution in [0.25, 0.3) is 0 Å². The van der Waals surface area contributed by atoms with E-state index in [-0.39, 0.29) is 37.3 Å². The average Bonchev–Trinajstić information content (AvgIpc) is 3.30. The monoisotopic (exact) mass is 682 g/mol. The number of benzene rings is 1. The summed E-state index contributed by atoms with van der Waals surface area (Å²) in [6.07, 6.45) is -3.34. The van der Waals surface area contributed by atoms with Crippen LogP contribution in [0.2, 0.25) is 0 Å². The van der Waals surface area contributed by atoms with Crippen LogP contribution in [0.4, 0.5) is 26.7 Å². The van der Waals surface area contributed by atoms with Gasteiger partial charge in [-0.2, -0.15) is 22.0 Å². The van der Waals surface area contributed by atoms with Gasteiger partial charge in [0.25, 0.3) is 0 Å². The maximum atomic E-state index is 15.4. The molecule has 48 heavy (non-hydrogen) atoms. The van der Waals surface area contributed by atoms with Gasteiger partial charge in [0.1, 0.15) is 5.60 Å². The van der Waals surface area contributed by atoms with Crippen molar-refractivity contribution in [2.75, 3.05) is 19.8 Å². The molecule has 1 spiro atoms. The topological polar surface area (TPSA) is 100 Å². The first-order chi connectivity index (χ1) is 22.3. The Morgan fingerprint density at radius 3 is 2.29 bits per heavy atom. The number of ether oxygens (including phenoxy) is 2. The first kappa shape index (κ1) is 35.3. The number of aliphatic hydroxyl groups is 2. The number of fused-ring (bicyclic) bond motifs is 4. The summed E-state index contributed by atoms with van der Waals surface area (Å²) in [5, 5.41) is 29.3. The zero-order valence-electron chi connectivity index (χ0n) is 27.8. The molecule has 2 amide bonds. The summed E-state index contributed by atoms with van der Waals surface area (Å²) in [5.74, 6) is -7.90. The van der Waals surface area contributed by atoms with E-state index in [2.05, 4.69) is 17.2 Å². The van der Waals surface area contributed by atoms with Crippen LogP contribution in [-0.2, 0) is 16.0 Å². The van der Waals surface area contributed by atoms with Crippen LogP contribution in [0.1, 0.15) is 89.2 Å². The lowest BCUT2D eigenvalue weighted by molar-refractivity contribution is -0.362. The van der Waals surface area contributed by atoms with Crippen molar-refractivity contribution in [1.82, 2.24) is 10.6 Å². The van der Waals surface area contributed by atoms with Crippen LogP contribution >= 0.6 is 0 Å². The quantitative estimate of drug-likeness (QED) is 0.194. The molecule has 1 saturated heterocycles. The lowest BCUT2D eigenvalue weighted by Crippen LogP contribution is -2.65. The second-order valence-corrected chi connectivity index (χ2v) is 15.8. The van der Waals surface area contributed by atoms with Gasteiger partial charge in [0, 0.05) is 42.7 Å². The summed E-state index contributed by atoms with van der Waals surface area (Å²) in [6, 6.07) is 6.82. The van der Waals surface area contributed by atoms with Crippen LogP contribution in [0.3, 0.4) is 0 Å². The van der Waals surface area contributed by atoms with Gasteiger partial charge in [0.05, 0.1) is 18.8 Å². The fourth-order valence-electron chi connectivity index (χ4n) is 9.58. The van der Waals surface area contributed by atoms with Crippen LogP contribution in [0, 0.1) is 22.7 Å². The Balaban J connectivity index is 1.39. The van der Waals surface area contributed by atoms with E-state index in [1.807, 2.05) is 13.8 Å². The Labute approximate surface area is 278 Å². The molecule has 6 atom stereocenters. The van der Waals surface area contributed by atoms with Crippen LogP contribution in [0.15, 0.2) is 48.1 Å². The maximum Gasteiger partial charge on any atom is 0.456 e. The van der Waals surface area contributed by atoms with Crippen molar-refractivity contribution in [1.29, 1.82) is 0 Å². The van der Waals surface area contributed by atoms with E-state index in [1.165, 1.54) is 6.92 Å². The smallest absolute Gasteiger partial charge is 0.385 e. The second kappa shape index (κ2) is 11.8. The number of hydrogen-bond donors (Lipinski definition) is 4. The molecule has 3 unspecified atom stereocenters. The third-order valence-electron chi connectivity index (χ3n) is 12.1. The van der Waals surface area contributed by atoms with Crippen molar-refractivity contribution in [3.63, 3.8) is 0 Å². The summed E-state index contributed by atoms with van der Waals surface area (Å²) in [6.45, 7) is 10.5. The molecule has 12 heteroatoms. The largest absolute Gasteiger partial charge is 0.456 e. The van der Waals surface area contributed by atoms with E-state index in [0.29, 0.717) is 51.0 Å². The van der Waals surface area contributed by atoms with E-state index < -0.39 is 58.7 Å². The Morgan fingerprint density at radius 1 is 1.00 bits per heavy atom. The fraction of sp³-hybridized carbons (Fsp3) is 0.694. The maximum absolute atomic E-state index is 15.4. The van der Waals surface area contributed by atoms with Crippen LogP contribution in [-0.4, -0.2) is 65.1 Å². The zero-order valence-corrected chi connectivity index (χ0v) is 27.8. The fourth-order valence-corrected chi connectivity index (χ4v) is 9.58. The summed E-state index contributed by atoms with van der Waals surface area (Å²) >= 11 is 0. The predicted molar refractivity (Wildman–Crippen MR) is 168 cm³/mol. The van der Waals surface area contributed by atoms with E-state index in [0.717, 1.165) is 16.7 Å². The van der Waals surface area contributed by atoms with Gasteiger partial charge < -0.3 is 30.3 Å². The van der Waals surface area contributed by atoms with Gasteiger partial charge in [0.15, 0.2) is 5.79 Å². The van der Waals surface area contributed by atoms with Gasteiger partial charge >= 0.3 is 18.1 Å². The highest BCUT2D eigenvalue weighted by Crippen LogP contribution is 2.71. The van der Waals surface area contributed by atoms with Crippen molar-refractivity contribution in [2.45, 2.75) is 114 Å². The number of nitrogens with one attached hydrogen (secondary N) is 2. The molecule has 4 fully saturated rings. The predicted octanol–water partition coefficient (Wildman–Crippen LogP) is 6.90. The molecule has 5 aliphatic rings. The summed E-state index contributed by atoms with van der Waals surface area (Å²) in [4.78, 5) is 12.0. The minimum absolute atomic E-state index is 0.0228. The number of halogens is 5. The molecule has 1 aliphatic heterocycles. The van der Waals surface area contributed by atoms with Gasteiger partial charge in [-0.15, -0.1) is 6.58 Å². The van der Waals surface area contributed by atoms with E-state index in [1.54, 1.807) is 30.3 Å². The first-order valence-electron chi connectivity index (χ1n) is 16.9. The number of amides is 2. The molecule has 1 aromatic carbocycles. The standard InChI is InChI=1S/C36H47F5N2O5/c1-5-16-42-29(44)43-18-22-6-8-23(9-7-22)25-17-31(4)26(12-15-34(31,46)35(37,38)36(39,40)41)24-10-13-32(45)19-33(14-11-27(32)28(24)25)47-20-30(2,3)21-48-33/h5-9,24-26,45-46H,1,10-21H2,2-4H3,(H2,42,43,44)/t24?,25-,26?,31+,32?,34+/m1/s1. The molecule has 1 heterocycles. The molecule has 0 radical (unpaired) electrons. The van der Waals surface area contributed by atoms with Gasteiger partial charge in [-0.1, -0.05) is 56.7 Å². The molecule has 1 aromatic rings. The van der Waals surface area contributed by atoms with Gasteiger partial charge in [0.2, 0.25) is 0 Å². The molecule has 3 saturated carbocycles. The van der Waals surface area contributed by atoms with E-state index in [9.17, 15) is 28.2 Å². The number of carbonyl (C=O) groups is 1. The van der Waals surface area contributed by atoms with Gasteiger partial charge in [-0.3, -0.25) is 0 Å². The number of hydrogen-bond acceptors (Lipinski definition) is 5. The molecular formula is C36H47F5N2O5. The van der Waals surface area contributed by atoms with Crippen LogP contribution in [0.5, 0.6) is 0 Å². The van der Waals surface area contributed by atoms with Crippen molar-refractivity contribution < 1.29 is 46.4 Å². The molecule has 0 bridgehead atoms. The minimum atomic E-state index is -5.92. The van der Waals surface area contributed by atoms with Crippen molar-refractivity contribution in [3.8, 4) is 0 Å². The molecule has 4 N–H and O–H groups in total. The Morgan fingerprint density at radius 2 is 1.67 bits per heavy atom. The highest BCUT2D eigenvalue weighted by molar-refractivity contribution is 5.73. The van der Waals surface area contributed by atoms with Crippen molar-refractivity contribution >= 4 is 6.03 Å². The van der Waals surface area contributed by atoms with Gasteiger partial charge in [-0.05, 0) is 67.1 Å². The summed E-state index contributed by atoms with van der Waals surface area (Å²) in [7, 11) is 0. The molecular weight excluding hydrogens is 635 g/mol. The number of urea groups is 1. The SMILES string of the molecule is C=CCNC(=O)NCc1ccc([C@H]2C[C@@]3(C)C(CC[C@@]3(O)C(F)(F)C(F)(F)F)C3CCC4(O)CC5(CCC4=C32)OCC(C)(C)CO5)cc1. The molecule has 4 aliphatic carbocycles. The lowest BCUT2D eigenvalue weighted by Gasteiger charge is -2.59. The van der Waals surface area contributed by atoms with Crippen molar-refractivity contribution in [2.24, 2.45) is 22.7 Å². The van der Waals surface area contributed by atoms with E-state index in [4.69, 9.17) is 9.47 Å². The van der Waals surface area contributed by atoms with E-state index >= 15 is 8.78 Å². The average molecular weight is 683 g/mol. The van der Waals surface area contributed by atoms with Crippen LogP contribution < -0.4 is 10.6 Å². The molecule has 0 aromatic heterocycles. The normalized spacial score (nSPS) is 35.8. The number of alkyl halides is 5. The number of carbonyl (C=O) groups excluding carboxylic acids is 1. The Kier molecular flexibility index (Phi) is 8.66. The third kappa shape index (κ3) is 5.58. The first-order valence-corrected chi connectivity index (χ1v) is 16.9. The third-order valence-corrected chi connectivity index (χ3v) is 12.1. The summed E-state index contributed by atoms with van der Waals surface area (Å²) in [5.41, 5.74) is -3.35. The summed E-state index contributed by atoms with van der Waals surface area (Å²) < 4.78 is 85.1. The highest BCUT2D eigenvalue weighted by Gasteiger charge is 2.79. The molecule has 7 nitrogen and oxygen atoms in total. The number of allylic oxidation sites excluding steroid dienone is 1. The second-order valence-electron chi connectivity index (χ2n) is 15.8. The zero-order chi connectivity index (χ0) is 35.0. The Bertz CT molecular complexity index is 1450. The Hall–Kier alpha value is -2.54. The molecule has 266 valence electrons. The van der Waals surface area contributed by atoms with Gasteiger partial charge in [-0.25, -0.2) is 4.79 Å². The highest BCUT2D eigenvalue weighted by atomic mass is 19.4. The molecule has 6 rings (SSSR count). The van der Waals surface area contributed by atoms with Crippen molar-refractivity contribution in [3.05, 3.63) is 59.2 Å². The lowest BCUT2D eigenvalue weighted by atomic mass is 9.49. The minimum Gasteiger partial charge on any atom is -0.385 e.